The molecule has 0 saturated carbocycles. The molecule has 0 saturated heterocycles. The fourth-order valence-electron chi connectivity index (χ4n) is 2.09. The third kappa shape index (κ3) is 4.58. The summed E-state index contributed by atoms with van der Waals surface area (Å²) in [7, 11) is -8.18. The summed E-state index contributed by atoms with van der Waals surface area (Å²) in [6.07, 6.45) is 0. The lowest BCUT2D eigenvalue weighted by atomic mass is 10.2. The molecule has 11 heteroatoms. The van der Waals surface area contributed by atoms with Gasteiger partial charge in [0.1, 0.15) is 4.90 Å². The number of nitrogen functional groups attached to an aromatic ring is 1. The largest absolute Gasteiger partial charge is 0.398 e. The number of amides is 1. The monoisotopic (exact) mass is 400 g/mol. The van der Waals surface area contributed by atoms with Gasteiger partial charge in [0.2, 0.25) is 0 Å². The van der Waals surface area contributed by atoms with Gasteiger partial charge in [-0.25, -0.2) is 8.42 Å². The normalized spacial score (nSPS) is 11.9. The summed E-state index contributed by atoms with van der Waals surface area (Å²) < 4.78 is 55.2. The Morgan fingerprint density at radius 2 is 1.65 bits per heavy atom. The number of nitrogens with two attached hydrogens (primary N) is 1. The molecule has 26 heavy (non-hydrogen) atoms. The number of carbonyl (C=O) groups excluding carboxylic acids is 1. The quantitative estimate of drug-likeness (QED) is 0.403. The second-order valence-electron chi connectivity index (χ2n) is 5.25. The Labute approximate surface area is 150 Å². The first-order chi connectivity index (χ1) is 12.0. The summed E-state index contributed by atoms with van der Waals surface area (Å²) in [5.74, 6) is -1.05. The second-order valence-corrected chi connectivity index (χ2v) is 8.75. The molecule has 0 bridgehead atoms. The number of aliphatic hydroxyl groups is 1. The van der Waals surface area contributed by atoms with Crippen molar-refractivity contribution in [2.45, 2.75) is 9.79 Å². The fraction of sp³-hybridized carbons (Fsp3) is 0.133. The van der Waals surface area contributed by atoms with E-state index in [2.05, 4.69) is 5.32 Å². The number of rotatable bonds is 6. The first-order valence-electron chi connectivity index (χ1n) is 7.16. The molecule has 0 spiro atoms. The average molecular weight is 400 g/mol. The minimum absolute atomic E-state index is 0.0377. The highest BCUT2D eigenvalue weighted by atomic mass is 32.2. The zero-order valence-corrected chi connectivity index (χ0v) is 14.9. The summed E-state index contributed by atoms with van der Waals surface area (Å²) in [4.78, 5) is 11.6. The maximum Gasteiger partial charge on any atom is 0.296 e. The molecule has 2 rings (SSSR count). The van der Waals surface area contributed by atoms with Gasteiger partial charge in [-0.2, -0.15) is 8.42 Å². The average Bonchev–Trinajstić information content (AvgIpc) is 2.55. The summed E-state index contributed by atoms with van der Waals surface area (Å²) in [6, 6.07) is 8.58. The van der Waals surface area contributed by atoms with Crippen LogP contribution in [0.15, 0.2) is 52.3 Å². The lowest BCUT2D eigenvalue weighted by Crippen LogP contribution is -2.14. The number of sulfone groups is 1. The van der Waals surface area contributed by atoms with E-state index < -0.39 is 43.1 Å². The van der Waals surface area contributed by atoms with Crippen molar-refractivity contribution < 1.29 is 31.3 Å². The smallest absolute Gasteiger partial charge is 0.296 e. The lowest BCUT2D eigenvalue weighted by Gasteiger charge is -2.09. The van der Waals surface area contributed by atoms with E-state index in [4.69, 9.17) is 15.4 Å². The van der Waals surface area contributed by atoms with E-state index in [0.717, 1.165) is 6.07 Å². The summed E-state index contributed by atoms with van der Waals surface area (Å²) >= 11 is 0. The van der Waals surface area contributed by atoms with Crippen molar-refractivity contribution in [2.75, 3.05) is 23.4 Å². The van der Waals surface area contributed by atoms with Crippen LogP contribution in [0.5, 0.6) is 0 Å². The first-order valence-corrected chi connectivity index (χ1v) is 10.3. The molecule has 0 aliphatic carbocycles. The third-order valence-electron chi connectivity index (χ3n) is 3.38. The Morgan fingerprint density at radius 3 is 2.19 bits per heavy atom. The molecule has 2 aromatic rings. The Hall–Kier alpha value is -2.47. The molecular weight excluding hydrogens is 384 g/mol. The molecule has 0 aliphatic rings. The molecule has 0 aliphatic heterocycles. The topological polar surface area (TPSA) is 164 Å². The minimum Gasteiger partial charge on any atom is -0.398 e. The molecule has 0 heterocycles. The van der Waals surface area contributed by atoms with Gasteiger partial charge < -0.3 is 16.2 Å². The summed E-state index contributed by atoms with van der Waals surface area (Å²) in [5, 5.41) is 11.2. The van der Waals surface area contributed by atoms with E-state index in [9.17, 15) is 21.6 Å². The molecule has 9 nitrogen and oxygen atoms in total. The van der Waals surface area contributed by atoms with E-state index in [1.54, 1.807) is 0 Å². The first kappa shape index (κ1) is 19.8. The van der Waals surface area contributed by atoms with Crippen molar-refractivity contribution in [2.24, 2.45) is 0 Å². The molecule has 0 radical (unpaired) electrons. The molecule has 1 amide bonds. The molecule has 0 fully saturated rings. The number of hydrogen-bond acceptors (Lipinski definition) is 7. The zero-order chi connectivity index (χ0) is 19.5. The number of aliphatic hydroxyl groups excluding tert-OH is 1. The van der Waals surface area contributed by atoms with Crippen molar-refractivity contribution in [3.8, 4) is 0 Å². The summed E-state index contributed by atoms with van der Waals surface area (Å²) in [6.45, 7) is -0.516. The Kier molecular flexibility index (Phi) is 5.66. The Morgan fingerprint density at radius 1 is 1.04 bits per heavy atom. The lowest BCUT2D eigenvalue weighted by molar-refractivity contribution is 0.102. The van der Waals surface area contributed by atoms with Gasteiger partial charge >= 0.3 is 0 Å². The standard InChI is InChI=1S/C15H16N2O7S2/c16-13-6-3-11(9-14(13)26(22,23)24)17-15(19)10-1-4-12(5-2-10)25(20,21)8-7-18/h1-6,9,18H,7-8,16H2,(H,17,19)(H,22,23,24). The van der Waals surface area contributed by atoms with Gasteiger partial charge in [0.05, 0.1) is 22.9 Å². The molecular formula is C15H16N2O7S2. The highest BCUT2D eigenvalue weighted by Crippen LogP contribution is 2.23. The molecule has 2 aromatic carbocycles. The number of nitrogens with one attached hydrogen (secondary N) is 1. The van der Waals surface area contributed by atoms with Crippen molar-refractivity contribution in [3.63, 3.8) is 0 Å². The van der Waals surface area contributed by atoms with Crippen LogP contribution in [-0.4, -0.2) is 44.8 Å². The molecule has 0 unspecified atom stereocenters. The van der Waals surface area contributed by atoms with Crippen LogP contribution in [0.2, 0.25) is 0 Å². The van der Waals surface area contributed by atoms with Gasteiger partial charge in [-0.15, -0.1) is 0 Å². The van der Waals surface area contributed by atoms with Gasteiger partial charge in [0.25, 0.3) is 16.0 Å². The SMILES string of the molecule is Nc1ccc(NC(=O)c2ccc(S(=O)(=O)CCO)cc2)cc1S(=O)(=O)O. The van der Waals surface area contributed by atoms with E-state index in [0.29, 0.717) is 0 Å². The number of hydrogen-bond donors (Lipinski definition) is 4. The second kappa shape index (κ2) is 7.41. The minimum atomic E-state index is -4.55. The Bertz CT molecular complexity index is 1030. The van der Waals surface area contributed by atoms with Crippen LogP contribution in [0, 0.1) is 0 Å². The zero-order valence-electron chi connectivity index (χ0n) is 13.3. The van der Waals surface area contributed by atoms with Crippen molar-refractivity contribution in [3.05, 3.63) is 48.0 Å². The predicted molar refractivity (Wildman–Crippen MR) is 94.2 cm³/mol. The van der Waals surface area contributed by atoms with Gasteiger partial charge in [0, 0.05) is 11.3 Å². The predicted octanol–water partition coefficient (Wildman–Crippen LogP) is 0.534. The van der Waals surface area contributed by atoms with Crippen LogP contribution >= 0.6 is 0 Å². The van der Waals surface area contributed by atoms with Crippen LogP contribution in [0.4, 0.5) is 11.4 Å². The number of carbonyl (C=O) groups is 1. The highest BCUT2D eigenvalue weighted by molar-refractivity contribution is 7.91. The molecule has 140 valence electrons. The van der Waals surface area contributed by atoms with Crippen LogP contribution in [0.3, 0.4) is 0 Å². The Balaban J connectivity index is 2.23. The highest BCUT2D eigenvalue weighted by Gasteiger charge is 2.17. The maximum atomic E-state index is 12.2. The maximum absolute atomic E-state index is 12.2. The molecule has 0 aromatic heterocycles. The van der Waals surface area contributed by atoms with Crippen LogP contribution in [-0.2, 0) is 20.0 Å². The van der Waals surface area contributed by atoms with E-state index in [-0.39, 0.29) is 21.8 Å². The third-order valence-corrected chi connectivity index (χ3v) is 6.00. The van der Waals surface area contributed by atoms with Crippen LogP contribution < -0.4 is 11.1 Å². The number of anilines is 2. The van der Waals surface area contributed by atoms with Crippen molar-refractivity contribution >= 4 is 37.2 Å². The van der Waals surface area contributed by atoms with E-state index in [1.807, 2.05) is 0 Å². The summed E-state index contributed by atoms with van der Waals surface area (Å²) in [5.41, 5.74) is 5.50. The number of benzene rings is 2. The fourth-order valence-corrected chi connectivity index (χ4v) is 3.76. The van der Waals surface area contributed by atoms with Gasteiger partial charge in [-0.3, -0.25) is 9.35 Å². The van der Waals surface area contributed by atoms with Gasteiger partial charge in [-0.1, -0.05) is 0 Å². The van der Waals surface area contributed by atoms with E-state index >= 15 is 0 Å². The van der Waals surface area contributed by atoms with Crippen molar-refractivity contribution in [1.29, 1.82) is 0 Å². The van der Waals surface area contributed by atoms with Crippen LogP contribution in [0.25, 0.3) is 0 Å². The van der Waals surface area contributed by atoms with Gasteiger partial charge in [0.15, 0.2) is 9.84 Å². The van der Waals surface area contributed by atoms with E-state index in [1.165, 1.54) is 36.4 Å². The van der Waals surface area contributed by atoms with Gasteiger partial charge in [-0.05, 0) is 42.5 Å². The molecule has 5 N–H and O–H groups in total. The molecule has 0 atom stereocenters. The van der Waals surface area contributed by atoms with Crippen molar-refractivity contribution in [1.82, 2.24) is 0 Å². The van der Waals surface area contributed by atoms with Crippen LogP contribution in [0.1, 0.15) is 10.4 Å².